The molecule has 1 aliphatic heterocycles. The highest BCUT2D eigenvalue weighted by Gasteiger charge is 2.20. The van der Waals surface area contributed by atoms with E-state index < -0.39 is 0 Å². The maximum absolute atomic E-state index is 11.7. The van der Waals surface area contributed by atoms with Crippen molar-refractivity contribution >= 4 is 34.5 Å². The molecule has 0 aliphatic carbocycles. The molecule has 0 radical (unpaired) electrons. The first-order valence-corrected chi connectivity index (χ1v) is 10.8. The normalized spacial score (nSPS) is 13.6. The number of benzene rings is 1. The third-order valence-electron chi connectivity index (χ3n) is 5.44. The molecule has 1 saturated heterocycles. The summed E-state index contributed by atoms with van der Waals surface area (Å²) in [4.78, 5) is 36.3. The molecule has 172 valence electrons. The predicted molar refractivity (Wildman–Crippen MR) is 129 cm³/mol. The standard InChI is InChI=1S/C23H23N9O2/c1-25-23(33)29-17-4-2-3-14(9-17)15-10-18-19(26-11-15)21(32-5-7-34-8-6-32)31-20(30-18)16-12-27-22(24)28-13-16/h2-4,9-13H,5-8H2,1H3,(H2,24,27,28)(H2,25,29,33). The Balaban J connectivity index is 1.61. The molecular formula is C23H23N9O2. The number of anilines is 3. The Bertz CT molecular complexity index is 1340. The lowest BCUT2D eigenvalue weighted by Crippen LogP contribution is -2.37. The van der Waals surface area contributed by atoms with Gasteiger partial charge in [-0.1, -0.05) is 12.1 Å². The first kappa shape index (κ1) is 21.5. The lowest BCUT2D eigenvalue weighted by atomic mass is 10.1. The average Bonchev–Trinajstić information content (AvgIpc) is 2.88. The monoisotopic (exact) mass is 457 g/mol. The largest absolute Gasteiger partial charge is 0.378 e. The summed E-state index contributed by atoms with van der Waals surface area (Å²) in [6.07, 6.45) is 5.01. The van der Waals surface area contributed by atoms with Gasteiger partial charge in [0.15, 0.2) is 11.6 Å². The second kappa shape index (κ2) is 9.24. The van der Waals surface area contributed by atoms with Gasteiger partial charge in [0.2, 0.25) is 5.95 Å². The minimum atomic E-state index is -0.285. The van der Waals surface area contributed by atoms with Crippen LogP contribution in [0.3, 0.4) is 0 Å². The van der Waals surface area contributed by atoms with Gasteiger partial charge in [-0.3, -0.25) is 4.98 Å². The zero-order valence-corrected chi connectivity index (χ0v) is 18.5. The summed E-state index contributed by atoms with van der Waals surface area (Å²) >= 11 is 0. The Morgan fingerprint density at radius 1 is 1.00 bits per heavy atom. The number of ether oxygens (including phenoxy) is 1. The first-order chi connectivity index (χ1) is 16.6. The molecule has 4 aromatic rings. The number of pyridine rings is 1. The third kappa shape index (κ3) is 4.41. The molecule has 1 aliphatic rings. The number of urea groups is 1. The number of fused-ring (bicyclic) bond motifs is 1. The second-order valence-corrected chi connectivity index (χ2v) is 7.68. The molecule has 0 bridgehead atoms. The minimum Gasteiger partial charge on any atom is -0.378 e. The second-order valence-electron chi connectivity index (χ2n) is 7.68. The predicted octanol–water partition coefficient (Wildman–Crippen LogP) is 2.32. The van der Waals surface area contributed by atoms with Gasteiger partial charge in [-0.25, -0.2) is 24.7 Å². The quantitative estimate of drug-likeness (QED) is 0.420. The van der Waals surface area contributed by atoms with Crippen LogP contribution in [-0.4, -0.2) is 64.3 Å². The summed E-state index contributed by atoms with van der Waals surface area (Å²) < 4.78 is 5.51. The van der Waals surface area contributed by atoms with Gasteiger partial charge >= 0.3 is 6.03 Å². The maximum Gasteiger partial charge on any atom is 0.318 e. The number of hydrogen-bond donors (Lipinski definition) is 3. The van der Waals surface area contributed by atoms with Crippen LogP contribution in [-0.2, 0) is 4.74 Å². The molecule has 4 heterocycles. The first-order valence-electron chi connectivity index (χ1n) is 10.8. The summed E-state index contributed by atoms with van der Waals surface area (Å²) in [7, 11) is 1.57. The van der Waals surface area contributed by atoms with Crippen molar-refractivity contribution in [3.63, 3.8) is 0 Å². The summed E-state index contributed by atoms with van der Waals surface area (Å²) in [6, 6.07) is 9.22. The molecular weight excluding hydrogens is 434 g/mol. The van der Waals surface area contributed by atoms with E-state index in [9.17, 15) is 4.79 Å². The van der Waals surface area contributed by atoms with E-state index in [4.69, 9.17) is 25.4 Å². The Labute approximate surface area is 195 Å². The fourth-order valence-corrected chi connectivity index (χ4v) is 3.71. The van der Waals surface area contributed by atoms with Crippen molar-refractivity contribution in [3.05, 3.63) is 48.9 Å². The van der Waals surface area contributed by atoms with Crippen LogP contribution in [0.15, 0.2) is 48.9 Å². The van der Waals surface area contributed by atoms with Crippen LogP contribution >= 0.6 is 0 Å². The number of amides is 2. The molecule has 0 spiro atoms. The summed E-state index contributed by atoms with van der Waals surface area (Å²) in [6.45, 7) is 2.66. The number of nitrogens with zero attached hydrogens (tertiary/aromatic N) is 6. The lowest BCUT2D eigenvalue weighted by Gasteiger charge is -2.28. The molecule has 4 N–H and O–H groups in total. The van der Waals surface area contributed by atoms with Gasteiger partial charge in [0.25, 0.3) is 0 Å². The number of nitrogens with two attached hydrogens (primary N) is 1. The average molecular weight is 457 g/mol. The van der Waals surface area contributed by atoms with Gasteiger partial charge in [0.1, 0.15) is 5.52 Å². The van der Waals surface area contributed by atoms with Crippen molar-refractivity contribution in [2.75, 3.05) is 49.3 Å². The molecule has 5 rings (SSSR count). The zero-order valence-electron chi connectivity index (χ0n) is 18.5. The molecule has 34 heavy (non-hydrogen) atoms. The van der Waals surface area contributed by atoms with Crippen molar-refractivity contribution in [1.82, 2.24) is 30.2 Å². The van der Waals surface area contributed by atoms with Gasteiger partial charge in [0, 0.05) is 50.0 Å². The smallest absolute Gasteiger partial charge is 0.318 e. The number of rotatable bonds is 4. The molecule has 0 atom stereocenters. The van der Waals surface area contributed by atoms with Crippen molar-refractivity contribution < 1.29 is 9.53 Å². The number of nitrogen functional groups attached to an aromatic ring is 1. The van der Waals surface area contributed by atoms with Crippen molar-refractivity contribution in [2.24, 2.45) is 0 Å². The number of hydrogen-bond acceptors (Lipinski definition) is 9. The highest BCUT2D eigenvalue weighted by molar-refractivity contribution is 5.92. The summed E-state index contributed by atoms with van der Waals surface area (Å²) in [5.41, 5.74) is 10.1. The van der Waals surface area contributed by atoms with Crippen LogP contribution in [0.2, 0.25) is 0 Å². The van der Waals surface area contributed by atoms with Crippen LogP contribution in [0.4, 0.5) is 22.2 Å². The Kier molecular flexibility index (Phi) is 5.83. The lowest BCUT2D eigenvalue weighted by molar-refractivity contribution is 0.122. The van der Waals surface area contributed by atoms with E-state index in [0.717, 1.165) is 16.9 Å². The van der Waals surface area contributed by atoms with Gasteiger partial charge in [-0.2, -0.15) is 0 Å². The van der Waals surface area contributed by atoms with Crippen LogP contribution in [0.1, 0.15) is 0 Å². The third-order valence-corrected chi connectivity index (χ3v) is 5.44. The molecule has 3 aromatic heterocycles. The fraction of sp³-hybridized carbons (Fsp3) is 0.217. The van der Waals surface area contributed by atoms with E-state index >= 15 is 0 Å². The van der Waals surface area contributed by atoms with Gasteiger partial charge in [-0.05, 0) is 23.8 Å². The number of carbonyl (C=O) groups is 1. The summed E-state index contributed by atoms with van der Waals surface area (Å²) in [5, 5.41) is 5.34. The van der Waals surface area contributed by atoms with E-state index in [0.29, 0.717) is 54.4 Å². The van der Waals surface area contributed by atoms with Gasteiger partial charge in [-0.15, -0.1) is 0 Å². The van der Waals surface area contributed by atoms with E-state index in [2.05, 4.69) is 25.5 Å². The number of carbonyl (C=O) groups excluding carboxylic acids is 1. The molecule has 1 aromatic carbocycles. The highest BCUT2D eigenvalue weighted by atomic mass is 16.5. The van der Waals surface area contributed by atoms with Crippen LogP contribution in [0, 0.1) is 0 Å². The summed E-state index contributed by atoms with van der Waals surface area (Å²) in [5.74, 6) is 1.41. The van der Waals surface area contributed by atoms with Crippen molar-refractivity contribution in [2.45, 2.75) is 0 Å². The molecule has 2 amide bonds. The Hall–Kier alpha value is -4.38. The topological polar surface area (TPSA) is 144 Å². The van der Waals surface area contributed by atoms with Crippen molar-refractivity contribution in [3.8, 4) is 22.5 Å². The number of nitrogens with one attached hydrogen (secondary N) is 2. The molecule has 11 nitrogen and oxygen atoms in total. The van der Waals surface area contributed by atoms with Crippen LogP contribution in [0.25, 0.3) is 33.5 Å². The zero-order chi connectivity index (χ0) is 23.5. The number of morpholine rings is 1. The van der Waals surface area contributed by atoms with Crippen molar-refractivity contribution in [1.29, 1.82) is 0 Å². The Morgan fingerprint density at radius 2 is 1.76 bits per heavy atom. The fourth-order valence-electron chi connectivity index (χ4n) is 3.71. The van der Waals surface area contributed by atoms with Gasteiger partial charge in [0.05, 0.1) is 24.3 Å². The Morgan fingerprint density at radius 3 is 2.53 bits per heavy atom. The minimum absolute atomic E-state index is 0.187. The molecule has 0 unspecified atom stereocenters. The van der Waals surface area contributed by atoms with E-state index in [1.165, 1.54) is 0 Å². The van der Waals surface area contributed by atoms with E-state index in [1.807, 2.05) is 30.3 Å². The van der Waals surface area contributed by atoms with Crippen LogP contribution in [0.5, 0.6) is 0 Å². The highest BCUT2D eigenvalue weighted by Crippen LogP contribution is 2.30. The number of aromatic nitrogens is 5. The van der Waals surface area contributed by atoms with E-state index in [-0.39, 0.29) is 12.0 Å². The SMILES string of the molecule is CNC(=O)Nc1cccc(-c2cnc3c(N4CCOCC4)nc(-c4cnc(N)nc4)nc3c2)c1. The molecule has 0 saturated carbocycles. The molecule has 1 fully saturated rings. The van der Waals surface area contributed by atoms with Gasteiger partial charge < -0.3 is 26.0 Å². The van der Waals surface area contributed by atoms with Crippen LogP contribution < -0.4 is 21.3 Å². The van der Waals surface area contributed by atoms with E-state index in [1.54, 1.807) is 25.6 Å². The maximum atomic E-state index is 11.7. The molecule has 11 heteroatoms.